The molecule has 0 aliphatic rings. The first-order valence-electron chi connectivity index (χ1n) is 9.01. The molecule has 212 valence electrons. The molecular weight excluding hydrogens is 588 g/mol. The highest BCUT2D eigenvalue weighted by Crippen LogP contribution is 2.43. The zero-order valence-corrected chi connectivity index (χ0v) is 17.1. The molecule has 0 unspecified atom stereocenters. The van der Waals surface area contributed by atoms with Crippen LogP contribution in [0.5, 0.6) is 0 Å². The fourth-order valence-electron chi connectivity index (χ4n) is 3.26. The normalized spacial score (nSPS) is 14.2. The summed E-state index contributed by atoms with van der Waals surface area (Å²) in [5, 5.41) is 0. The van der Waals surface area contributed by atoms with Gasteiger partial charge in [0.25, 0.3) is 0 Å². The van der Waals surface area contributed by atoms with Crippen molar-refractivity contribution in [3.05, 3.63) is 57.6 Å². The molecule has 0 spiro atoms. The van der Waals surface area contributed by atoms with Gasteiger partial charge in [0.05, 0.1) is 33.4 Å². The summed E-state index contributed by atoms with van der Waals surface area (Å²) in [6, 6.07) is -4.77. The molecule has 0 saturated heterocycles. The third-order valence-electron chi connectivity index (χ3n) is 4.74. The van der Waals surface area contributed by atoms with Crippen LogP contribution in [0.3, 0.4) is 0 Å². The quantitative estimate of drug-likeness (QED) is 0.246. The van der Waals surface area contributed by atoms with E-state index in [0.717, 1.165) is 0 Å². The van der Waals surface area contributed by atoms with E-state index in [4.69, 9.17) is 0 Å². The molecule has 0 amide bonds. The van der Waals surface area contributed by atoms with E-state index in [-0.39, 0.29) is 0 Å². The van der Waals surface area contributed by atoms with Crippen molar-refractivity contribution in [2.24, 2.45) is 0 Å². The predicted octanol–water partition coefficient (Wildman–Crippen LogP) is 7.87. The smallest absolute Gasteiger partial charge is 0.322 e. The van der Waals surface area contributed by atoms with Gasteiger partial charge in [-0.2, -0.15) is 79.0 Å². The van der Waals surface area contributed by atoms with Gasteiger partial charge >= 0.3 is 44.0 Å². The maximum atomic E-state index is 15.3. The van der Waals surface area contributed by atoms with Crippen molar-refractivity contribution < 1.29 is 83.3 Å². The molecule has 2 aromatic rings. The lowest BCUT2D eigenvalue weighted by molar-refractivity contribution is -0.149. The Morgan fingerprint density at radius 2 is 0.526 bits per heavy atom. The first-order valence-corrected chi connectivity index (χ1v) is 9.01. The van der Waals surface area contributed by atoms with Crippen molar-refractivity contribution in [3.63, 3.8) is 0 Å². The lowest BCUT2D eigenvalue weighted by atomic mass is 9.52. The number of halogens is 19. The fourth-order valence-corrected chi connectivity index (χ4v) is 3.26. The SMILES string of the molecule is FB(c1c(C(F)(F)F)cc(C(F)(F)F)cc1C(F)(F)F)c1c(C(F)(F)F)cc(C(F)(F)F)cc1C(F)(F)F. The number of hydrogen-bond acceptors (Lipinski definition) is 0. The van der Waals surface area contributed by atoms with E-state index in [2.05, 4.69) is 0 Å². The number of alkyl halides is 18. The summed E-state index contributed by atoms with van der Waals surface area (Å²) in [5.41, 5.74) is -24.9. The molecule has 0 N–H and O–H groups in total. The van der Waals surface area contributed by atoms with E-state index in [0.29, 0.717) is 0 Å². The predicted molar refractivity (Wildman–Crippen MR) is 89.0 cm³/mol. The molecule has 20 heteroatoms. The Morgan fingerprint density at radius 1 is 0.342 bits per heavy atom. The molecule has 0 radical (unpaired) electrons. The average Bonchev–Trinajstić information content (AvgIpc) is 2.67. The molecule has 0 aliphatic heterocycles. The third-order valence-corrected chi connectivity index (χ3v) is 4.74. The molecule has 0 atom stereocenters. The van der Waals surface area contributed by atoms with Gasteiger partial charge in [-0.3, -0.25) is 0 Å². The Labute approximate surface area is 197 Å². The van der Waals surface area contributed by atoms with Gasteiger partial charge in [0, 0.05) is 0 Å². The molecule has 0 bridgehead atoms. The fraction of sp³-hybridized carbons (Fsp3) is 0.333. The van der Waals surface area contributed by atoms with E-state index in [1.165, 1.54) is 0 Å². The van der Waals surface area contributed by atoms with Crippen molar-refractivity contribution in [3.8, 4) is 0 Å². The number of hydrogen-bond donors (Lipinski definition) is 0. The van der Waals surface area contributed by atoms with E-state index in [9.17, 15) is 79.0 Å². The van der Waals surface area contributed by atoms with Gasteiger partial charge in [-0.15, -0.1) is 0 Å². The maximum absolute atomic E-state index is 15.3. The van der Waals surface area contributed by atoms with E-state index < -0.39 is 113 Å². The van der Waals surface area contributed by atoms with Crippen LogP contribution in [0.25, 0.3) is 0 Å². The van der Waals surface area contributed by atoms with Crippen LogP contribution >= 0.6 is 0 Å². The van der Waals surface area contributed by atoms with Gasteiger partial charge in [0.2, 0.25) is 0 Å². The van der Waals surface area contributed by atoms with Gasteiger partial charge < -0.3 is 4.32 Å². The highest BCUT2D eigenvalue weighted by atomic mass is 19.4. The molecule has 38 heavy (non-hydrogen) atoms. The summed E-state index contributed by atoms with van der Waals surface area (Å²) in [7, 11) is 0. The second-order valence-corrected chi connectivity index (χ2v) is 7.32. The third kappa shape index (κ3) is 6.41. The second-order valence-electron chi connectivity index (χ2n) is 7.32. The number of rotatable bonds is 2. The molecule has 0 heterocycles. The topological polar surface area (TPSA) is 0 Å². The van der Waals surface area contributed by atoms with Crippen molar-refractivity contribution in [2.75, 3.05) is 0 Å². The van der Waals surface area contributed by atoms with Crippen molar-refractivity contribution in [1.29, 1.82) is 0 Å². The Morgan fingerprint density at radius 3 is 0.658 bits per heavy atom. The summed E-state index contributed by atoms with van der Waals surface area (Å²) in [4.78, 5) is 0. The summed E-state index contributed by atoms with van der Waals surface area (Å²) < 4.78 is 254. The van der Waals surface area contributed by atoms with Crippen LogP contribution in [0, 0.1) is 0 Å². The Bertz CT molecular complexity index is 1020. The van der Waals surface area contributed by atoms with Gasteiger partial charge in [0.1, 0.15) is 0 Å². The maximum Gasteiger partial charge on any atom is 0.416 e. The van der Waals surface area contributed by atoms with Crippen molar-refractivity contribution >= 4 is 17.9 Å². The van der Waals surface area contributed by atoms with Crippen LogP contribution in [-0.4, -0.2) is 6.99 Å². The average molecular weight is 592 g/mol. The minimum atomic E-state index is -6.44. The van der Waals surface area contributed by atoms with Gasteiger partial charge in [-0.05, 0) is 35.2 Å². The van der Waals surface area contributed by atoms with E-state index in [1.54, 1.807) is 0 Å². The summed E-state index contributed by atoms with van der Waals surface area (Å²) in [6.07, 6.45) is -37.8. The molecule has 0 aromatic heterocycles. The summed E-state index contributed by atoms with van der Waals surface area (Å²) >= 11 is 0. The molecule has 0 nitrogen and oxygen atoms in total. The van der Waals surface area contributed by atoms with E-state index >= 15 is 4.32 Å². The standard InChI is InChI=1S/C18H4BF19/c20-13(21,22)5-1-7(15(26,27)28)11(8(2-5)16(29,30)31)19(38)12-9(17(32,33)34)3-6(14(23,24)25)4-10(12)18(35,36)37/h1-4H. The highest BCUT2D eigenvalue weighted by Gasteiger charge is 2.53. The lowest BCUT2D eigenvalue weighted by Crippen LogP contribution is -2.51. The molecule has 0 aliphatic carbocycles. The molecule has 0 fully saturated rings. The molecular formula is C18H4BF19. The van der Waals surface area contributed by atoms with Crippen molar-refractivity contribution in [2.45, 2.75) is 37.1 Å². The molecule has 0 saturated carbocycles. The summed E-state index contributed by atoms with van der Waals surface area (Å²) in [6.45, 7) is -4.83. The van der Waals surface area contributed by atoms with Gasteiger partial charge in [0.15, 0.2) is 0 Å². The second kappa shape index (κ2) is 9.13. The summed E-state index contributed by atoms with van der Waals surface area (Å²) in [5.74, 6) is 0. The lowest BCUT2D eigenvalue weighted by Gasteiger charge is -2.26. The first-order chi connectivity index (χ1) is 16.6. The largest absolute Gasteiger partial charge is 0.416 e. The number of benzene rings is 2. The van der Waals surface area contributed by atoms with Crippen LogP contribution in [0.2, 0.25) is 0 Å². The minimum Gasteiger partial charge on any atom is -0.322 e. The van der Waals surface area contributed by atoms with Crippen LogP contribution in [0.4, 0.5) is 83.3 Å². The van der Waals surface area contributed by atoms with E-state index in [1.807, 2.05) is 0 Å². The zero-order chi connectivity index (χ0) is 30.0. The Balaban J connectivity index is 3.22. The molecule has 2 rings (SSSR count). The Hall–Kier alpha value is -2.83. The monoisotopic (exact) mass is 592 g/mol. The van der Waals surface area contributed by atoms with Crippen molar-refractivity contribution in [1.82, 2.24) is 0 Å². The van der Waals surface area contributed by atoms with Crippen LogP contribution in [-0.2, 0) is 37.1 Å². The van der Waals surface area contributed by atoms with Gasteiger partial charge in [-0.1, -0.05) is 0 Å². The Kier molecular flexibility index (Phi) is 7.54. The van der Waals surface area contributed by atoms with Gasteiger partial charge in [-0.25, -0.2) is 0 Å². The zero-order valence-electron chi connectivity index (χ0n) is 17.1. The van der Waals surface area contributed by atoms with Crippen LogP contribution in [0.15, 0.2) is 24.3 Å². The minimum absolute atomic E-state index is 1.19. The molecule has 2 aromatic carbocycles. The van der Waals surface area contributed by atoms with Crippen LogP contribution < -0.4 is 10.9 Å². The highest BCUT2D eigenvalue weighted by molar-refractivity contribution is 6.81. The van der Waals surface area contributed by atoms with Crippen LogP contribution in [0.1, 0.15) is 33.4 Å². The first kappa shape index (κ1) is 31.4.